The van der Waals surface area contributed by atoms with Gasteiger partial charge in [0, 0.05) is 50.5 Å². The standard InChI is InChI=1S/C26H30F3N7/c1-3-19-8-10-20(11-9-19)22-31-24(33-25(32-22)36-13-5-6-18(36)2)35-16-14-34(15-17-35)23-21(26(27,28)29)7-4-12-30-23/h4,7-12,18H,3,5-6,13-17H2,1-2H3. The Morgan fingerprint density at radius 1 is 0.889 bits per heavy atom. The molecular weight excluding hydrogens is 467 g/mol. The largest absolute Gasteiger partial charge is 0.419 e. The fourth-order valence-corrected chi connectivity index (χ4v) is 4.86. The summed E-state index contributed by atoms with van der Waals surface area (Å²) >= 11 is 0. The maximum atomic E-state index is 13.5. The summed E-state index contributed by atoms with van der Waals surface area (Å²) in [5.74, 6) is 1.81. The van der Waals surface area contributed by atoms with E-state index in [-0.39, 0.29) is 5.82 Å². The van der Waals surface area contributed by atoms with Crippen LogP contribution in [0, 0.1) is 0 Å². The first-order valence-corrected chi connectivity index (χ1v) is 12.5. The quantitative estimate of drug-likeness (QED) is 0.500. The van der Waals surface area contributed by atoms with Crippen molar-refractivity contribution in [1.29, 1.82) is 0 Å². The third-order valence-electron chi connectivity index (χ3n) is 7.00. The lowest BCUT2D eigenvalue weighted by atomic mass is 10.1. The van der Waals surface area contributed by atoms with Crippen LogP contribution in [0.3, 0.4) is 0 Å². The second kappa shape index (κ2) is 9.91. The molecule has 7 nitrogen and oxygen atoms in total. The Hall–Kier alpha value is -3.43. The van der Waals surface area contributed by atoms with Crippen molar-refractivity contribution in [3.8, 4) is 11.4 Å². The second-order valence-corrected chi connectivity index (χ2v) is 9.34. The van der Waals surface area contributed by atoms with Crippen molar-refractivity contribution in [2.75, 3.05) is 47.4 Å². The Kier molecular flexibility index (Phi) is 6.68. The zero-order valence-corrected chi connectivity index (χ0v) is 20.5. The molecule has 2 aliphatic rings. The molecule has 2 aromatic heterocycles. The zero-order chi connectivity index (χ0) is 25.3. The van der Waals surface area contributed by atoms with Gasteiger partial charge >= 0.3 is 6.18 Å². The lowest BCUT2D eigenvalue weighted by molar-refractivity contribution is -0.137. The molecule has 1 unspecified atom stereocenters. The number of hydrogen-bond acceptors (Lipinski definition) is 7. The molecule has 0 amide bonds. The molecule has 2 saturated heterocycles. The predicted octanol–water partition coefficient (Wildman–Crippen LogP) is 4.83. The molecule has 0 saturated carbocycles. The molecular formula is C26H30F3N7. The van der Waals surface area contributed by atoms with Crippen LogP contribution in [0.25, 0.3) is 11.4 Å². The lowest BCUT2D eigenvalue weighted by Gasteiger charge is -2.36. The van der Waals surface area contributed by atoms with Gasteiger partial charge in [-0.3, -0.25) is 0 Å². The SMILES string of the molecule is CCc1ccc(-c2nc(N3CCN(c4ncccc4C(F)(F)F)CC3)nc(N3CCCC3C)n2)cc1. The summed E-state index contributed by atoms with van der Waals surface area (Å²) in [5.41, 5.74) is 1.46. The van der Waals surface area contributed by atoms with Crippen molar-refractivity contribution in [2.24, 2.45) is 0 Å². The van der Waals surface area contributed by atoms with Gasteiger partial charge in [-0.1, -0.05) is 31.2 Å². The van der Waals surface area contributed by atoms with Gasteiger partial charge in [-0.05, 0) is 43.9 Å². The summed E-state index contributed by atoms with van der Waals surface area (Å²) in [4.78, 5) is 24.4. The molecule has 2 aliphatic heterocycles. The van der Waals surface area contributed by atoms with E-state index < -0.39 is 11.7 Å². The van der Waals surface area contributed by atoms with E-state index in [4.69, 9.17) is 15.0 Å². The van der Waals surface area contributed by atoms with Crippen LogP contribution in [0.15, 0.2) is 42.6 Å². The number of piperazine rings is 1. The second-order valence-electron chi connectivity index (χ2n) is 9.34. The fourth-order valence-electron chi connectivity index (χ4n) is 4.86. The van der Waals surface area contributed by atoms with Crippen LogP contribution >= 0.6 is 0 Å². The van der Waals surface area contributed by atoms with Crippen molar-refractivity contribution in [1.82, 2.24) is 19.9 Å². The van der Waals surface area contributed by atoms with Crippen LogP contribution in [-0.4, -0.2) is 58.7 Å². The molecule has 2 fully saturated rings. The minimum absolute atomic E-state index is 0.0245. The van der Waals surface area contributed by atoms with E-state index in [1.807, 2.05) is 17.0 Å². The van der Waals surface area contributed by atoms with E-state index in [9.17, 15) is 13.2 Å². The van der Waals surface area contributed by atoms with Gasteiger partial charge in [0.15, 0.2) is 5.82 Å². The van der Waals surface area contributed by atoms with Crippen LogP contribution in [0.5, 0.6) is 0 Å². The summed E-state index contributed by atoms with van der Waals surface area (Å²) < 4.78 is 40.5. The molecule has 0 radical (unpaired) electrons. The van der Waals surface area contributed by atoms with Crippen molar-refractivity contribution >= 4 is 17.7 Å². The van der Waals surface area contributed by atoms with Gasteiger partial charge in [0.05, 0.1) is 5.56 Å². The summed E-state index contributed by atoms with van der Waals surface area (Å²) in [6, 6.07) is 11.0. The van der Waals surface area contributed by atoms with E-state index >= 15 is 0 Å². The maximum absolute atomic E-state index is 13.5. The average Bonchev–Trinajstić information content (AvgIpc) is 3.34. The minimum atomic E-state index is -4.45. The molecule has 0 aliphatic carbocycles. The molecule has 36 heavy (non-hydrogen) atoms. The summed E-state index contributed by atoms with van der Waals surface area (Å²) in [7, 11) is 0. The third-order valence-corrected chi connectivity index (χ3v) is 7.00. The van der Waals surface area contributed by atoms with Crippen molar-refractivity contribution < 1.29 is 13.2 Å². The molecule has 0 spiro atoms. The van der Waals surface area contributed by atoms with Crippen LogP contribution in [-0.2, 0) is 12.6 Å². The summed E-state index contributed by atoms with van der Waals surface area (Å²) in [6.45, 7) is 6.94. The van der Waals surface area contributed by atoms with E-state index in [1.165, 1.54) is 17.8 Å². The summed E-state index contributed by atoms with van der Waals surface area (Å²) in [6.07, 6.45) is 0.0930. The number of benzene rings is 1. The van der Waals surface area contributed by atoms with Crippen LogP contribution < -0.4 is 14.7 Å². The number of halogens is 3. The van der Waals surface area contributed by atoms with E-state index in [2.05, 4.69) is 35.9 Å². The van der Waals surface area contributed by atoms with Gasteiger partial charge in [0.1, 0.15) is 5.82 Å². The highest BCUT2D eigenvalue weighted by molar-refractivity contribution is 5.60. The third kappa shape index (κ3) is 4.94. The molecule has 10 heteroatoms. The smallest absolute Gasteiger partial charge is 0.353 e. The van der Waals surface area contributed by atoms with Gasteiger partial charge in [-0.25, -0.2) is 4.98 Å². The Labute approximate surface area is 209 Å². The molecule has 4 heterocycles. The molecule has 1 atom stereocenters. The molecule has 190 valence electrons. The highest BCUT2D eigenvalue weighted by Gasteiger charge is 2.36. The Balaban J connectivity index is 1.42. The topological polar surface area (TPSA) is 61.3 Å². The van der Waals surface area contributed by atoms with Crippen molar-refractivity contribution in [3.63, 3.8) is 0 Å². The van der Waals surface area contributed by atoms with Gasteiger partial charge in [-0.2, -0.15) is 28.1 Å². The summed E-state index contributed by atoms with van der Waals surface area (Å²) in [5, 5.41) is 0. The molecule has 0 bridgehead atoms. The number of anilines is 3. The minimum Gasteiger partial charge on any atom is -0.353 e. The van der Waals surface area contributed by atoms with Crippen molar-refractivity contribution in [3.05, 3.63) is 53.7 Å². The molecule has 0 N–H and O–H groups in total. The van der Waals surface area contributed by atoms with E-state index in [0.717, 1.165) is 37.4 Å². The number of pyridine rings is 1. The maximum Gasteiger partial charge on any atom is 0.419 e. The number of nitrogens with zero attached hydrogens (tertiary/aromatic N) is 7. The van der Waals surface area contributed by atoms with Crippen LogP contribution in [0.2, 0.25) is 0 Å². The lowest BCUT2D eigenvalue weighted by Crippen LogP contribution is -2.48. The molecule has 5 rings (SSSR count). The monoisotopic (exact) mass is 497 g/mol. The van der Waals surface area contributed by atoms with Crippen molar-refractivity contribution in [2.45, 2.75) is 45.3 Å². The van der Waals surface area contributed by atoms with Gasteiger partial charge in [-0.15, -0.1) is 0 Å². The van der Waals surface area contributed by atoms with Crippen LogP contribution in [0.4, 0.5) is 30.9 Å². The average molecular weight is 498 g/mol. The number of hydrogen-bond donors (Lipinski definition) is 0. The fraction of sp³-hybridized carbons (Fsp3) is 0.462. The normalized spacial score (nSPS) is 18.7. The molecule has 3 aromatic rings. The highest BCUT2D eigenvalue weighted by atomic mass is 19.4. The Bertz CT molecular complexity index is 1190. The van der Waals surface area contributed by atoms with E-state index in [1.54, 1.807) is 4.90 Å². The first kappa shape index (κ1) is 24.3. The highest BCUT2D eigenvalue weighted by Crippen LogP contribution is 2.35. The number of rotatable bonds is 5. The number of alkyl halides is 3. The first-order chi connectivity index (χ1) is 17.3. The first-order valence-electron chi connectivity index (χ1n) is 12.5. The number of aromatic nitrogens is 4. The van der Waals surface area contributed by atoms with Gasteiger partial charge in [0.25, 0.3) is 0 Å². The Morgan fingerprint density at radius 3 is 2.22 bits per heavy atom. The van der Waals surface area contributed by atoms with Gasteiger partial charge in [0.2, 0.25) is 11.9 Å². The predicted molar refractivity (Wildman–Crippen MR) is 134 cm³/mol. The van der Waals surface area contributed by atoms with E-state index in [0.29, 0.717) is 49.9 Å². The Morgan fingerprint density at radius 2 is 1.58 bits per heavy atom. The molecule has 1 aromatic carbocycles. The van der Waals surface area contributed by atoms with Crippen LogP contribution in [0.1, 0.15) is 37.8 Å². The van der Waals surface area contributed by atoms with Gasteiger partial charge < -0.3 is 14.7 Å². The number of aryl methyl sites for hydroxylation is 1. The zero-order valence-electron chi connectivity index (χ0n) is 20.5.